The van der Waals surface area contributed by atoms with E-state index in [4.69, 9.17) is 9.47 Å². The maximum Gasteiger partial charge on any atom is 0.323 e. The molecule has 0 spiro atoms. The SMILES string of the molecule is C=CCCCC#CCCC(CC(=C)Br)(C(=O)OC)C(=O)OC. The Bertz CT molecular complexity index is 455. The van der Waals surface area contributed by atoms with E-state index in [-0.39, 0.29) is 12.8 Å². The highest BCUT2D eigenvalue weighted by Gasteiger charge is 2.47. The topological polar surface area (TPSA) is 52.6 Å². The molecule has 0 fully saturated rings. The molecule has 0 aromatic heterocycles. The first kappa shape index (κ1) is 20.5. The lowest BCUT2D eigenvalue weighted by Crippen LogP contribution is -2.41. The molecule has 0 unspecified atom stereocenters. The van der Waals surface area contributed by atoms with E-state index in [1.54, 1.807) is 0 Å². The number of esters is 2. The van der Waals surface area contributed by atoms with E-state index in [0.717, 1.165) is 19.3 Å². The monoisotopic (exact) mass is 370 g/mol. The van der Waals surface area contributed by atoms with E-state index < -0.39 is 17.4 Å². The average Bonchev–Trinajstić information content (AvgIpc) is 2.50. The van der Waals surface area contributed by atoms with Gasteiger partial charge in [-0.3, -0.25) is 9.59 Å². The number of hydrogen-bond donors (Lipinski definition) is 0. The number of ether oxygens (including phenoxy) is 2. The second kappa shape index (κ2) is 11.1. The Labute approximate surface area is 141 Å². The van der Waals surface area contributed by atoms with Gasteiger partial charge in [0.1, 0.15) is 0 Å². The normalized spacial score (nSPS) is 10.1. The van der Waals surface area contributed by atoms with Crippen molar-refractivity contribution in [3.8, 4) is 11.8 Å². The van der Waals surface area contributed by atoms with Crippen molar-refractivity contribution in [2.24, 2.45) is 5.41 Å². The summed E-state index contributed by atoms with van der Waals surface area (Å²) in [5.41, 5.74) is -1.40. The second-order valence-electron chi connectivity index (χ2n) is 4.79. The molecular formula is C17H23BrO4. The van der Waals surface area contributed by atoms with Crippen molar-refractivity contribution in [1.29, 1.82) is 0 Å². The first-order valence-electron chi connectivity index (χ1n) is 7.01. The van der Waals surface area contributed by atoms with Crippen LogP contribution in [0.5, 0.6) is 0 Å². The van der Waals surface area contributed by atoms with Crippen molar-refractivity contribution in [3.05, 3.63) is 23.7 Å². The first-order valence-corrected chi connectivity index (χ1v) is 7.80. The van der Waals surface area contributed by atoms with Gasteiger partial charge in [-0.2, -0.15) is 0 Å². The Hall–Kier alpha value is -1.54. The highest BCUT2D eigenvalue weighted by molar-refractivity contribution is 9.11. The van der Waals surface area contributed by atoms with Crippen LogP contribution >= 0.6 is 15.9 Å². The Kier molecular flexibility index (Phi) is 10.3. The van der Waals surface area contributed by atoms with Crippen LogP contribution in [0.1, 0.15) is 38.5 Å². The predicted molar refractivity (Wildman–Crippen MR) is 90.2 cm³/mol. The highest BCUT2D eigenvalue weighted by atomic mass is 79.9. The molecule has 0 heterocycles. The minimum Gasteiger partial charge on any atom is -0.468 e. The van der Waals surface area contributed by atoms with E-state index in [9.17, 15) is 9.59 Å². The largest absolute Gasteiger partial charge is 0.468 e. The van der Waals surface area contributed by atoms with Crippen LogP contribution in [0.3, 0.4) is 0 Å². The Morgan fingerprint density at radius 3 is 2.18 bits per heavy atom. The first-order chi connectivity index (χ1) is 10.4. The second-order valence-corrected chi connectivity index (χ2v) is 5.92. The van der Waals surface area contributed by atoms with Crippen LogP contribution in [-0.4, -0.2) is 26.2 Å². The molecule has 0 rings (SSSR count). The van der Waals surface area contributed by atoms with Gasteiger partial charge in [-0.15, -0.1) is 18.4 Å². The van der Waals surface area contributed by atoms with Crippen LogP contribution in [-0.2, 0) is 19.1 Å². The van der Waals surface area contributed by atoms with Gasteiger partial charge in [0.2, 0.25) is 0 Å². The van der Waals surface area contributed by atoms with Crippen molar-refractivity contribution in [1.82, 2.24) is 0 Å². The van der Waals surface area contributed by atoms with Crippen molar-refractivity contribution in [2.75, 3.05) is 14.2 Å². The summed E-state index contributed by atoms with van der Waals surface area (Å²) in [6.45, 7) is 7.36. The zero-order valence-corrected chi connectivity index (χ0v) is 14.8. The number of carbonyl (C=O) groups is 2. The molecule has 0 radical (unpaired) electrons. The summed E-state index contributed by atoms with van der Waals surface area (Å²) in [4.78, 5) is 24.3. The standard InChI is InChI=1S/C17H23BrO4/c1-5-6-7-8-9-10-11-12-17(13-14(2)18,15(19)21-3)16(20)22-4/h5H,1-2,6-8,11-13H2,3-4H3. The van der Waals surface area contributed by atoms with Crippen molar-refractivity contribution < 1.29 is 19.1 Å². The lowest BCUT2D eigenvalue weighted by atomic mass is 9.80. The molecule has 0 atom stereocenters. The van der Waals surface area contributed by atoms with Crippen LogP contribution < -0.4 is 0 Å². The number of hydrogen-bond acceptors (Lipinski definition) is 4. The van der Waals surface area contributed by atoms with Crippen LogP contribution in [0.25, 0.3) is 0 Å². The fourth-order valence-corrected chi connectivity index (χ4v) is 2.50. The summed E-state index contributed by atoms with van der Waals surface area (Å²) in [7, 11) is 2.50. The fourth-order valence-electron chi connectivity index (χ4n) is 2.03. The molecule has 0 aliphatic rings. The van der Waals surface area contributed by atoms with Crippen LogP contribution in [0.2, 0.25) is 0 Å². The van der Waals surface area contributed by atoms with Crippen molar-refractivity contribution >= 4 is 27.9 Å². The number of unbranched alkanes of at least 4 members (excludes halogenated alkanes) is 2. The zero-order valence-electron chi connectivity index (χ0n) is 13.2. The van der Waals surface area contributed by atoms with E-state index >= 15 is 0 Å². The molecule has 5 heteroatoms. The molecule has 0 saturated heterocycles. The van der Waals surface area contributed by atoms with E-state index in [1.165, 1.54) is 14.2 Å². The molecule has 0 aromatic carbocycles. The number of allylic oxidation sites excluding steroid dienone is 2. The van der Waals surface area contributed by atoms with Gasteiger partial charge >= 0.3 is 11.9 Å². The van der Waals surface area contributed by atoms with Crippen molar-refractivity contribution in [2.45, 2.75) is 38.5 Å². The maximum atomic E-state index is 12.1. The molecule has 0 saturated carbocycles. The lowest BCUT2D eigenvalue weighted by Gasteiger charge is -2.27. The Morgan fingerprint density at radius 2 is 1.73 bits per heavy atom. The average molecular weight is 371 g/mol. The van der Waals surface area contributed by atoms with Crippen LogP contribution in [0.4, 0.5) is 0 Å². The number of halogens is 1. The van der Waals surface area contributed by atoms with Gasteiger partial charge in [0.15, 0.2) is 5.41 Å². The van der Waals surface area contributed by atoms with Gasteiger partial charge in [0.25, 0.3) is 0 Å². The molecule has 4 nitrogen and oxygen atoms in total. The summed E-state index contributed by atoms with van der Waals surface area (Å²) in [6, 6.07) is 0. The van der Waals surface area contributed by atoms with Gasteiger partial charge < -0.3 is 9.47 Å². The summed E-state index contributed by atoms with van der Waals surface area (Å²) < 4.78 is 10.1. The zero-order chi connectivity index (χ0) is 17.0. The summed E-state index contributed by atoms with van der Waals surface area (Å²) in [6.07, 6.45) is 5.23. The fraction of sp³-hybridized carbons (Fsp3) is 0.529. The minimum atomic E-state index is -1.40. The minimum absolute atomic E-state index is 0.116. The van der Waals surface area contributed by atoms with Gasteiger partial charge in [-0.05, 0) is 23.7 Å². The summed E-state index contributed by atoms with van der Waals surface area (Å²) in [5.74, 6) is 4.75. The third kappa shape index (κ3) is 6.48. The van der Waals surface area contributed by atoms with Gasteiger partial charge in [-0.1, -0.05) is 28.6 Å². The quantitative estimate of drug-likeness (QED) is 0.204. The summed E-state index contributed by atoms with van der Waals surface area (Å²) >= 11 is 3.20. The molecule has 0 bridgehead atoms. The molecule has 0 N–H and O–H groups in total. The summed E-state index contributed by atoms with van der Waals surface area (Å²) in [5, 5.41) is 0. The molecule has 0 aromatic rings. The van der Waals surface area contributed by atoms with Gasteiger partial charge in [0.05, 0.1) is 14.2 Å². The Morgan fingerprint density at radius 1 is 1.18 bits per heavy atom. The molecule has 0 aliphatic carbocycles. The lowest BCUT2D eigenvalue weighted by molar-refractivity contribution is -0.169. The smallest absolute Gasteiger partial charge is 0.323 e. The molecular weight excluding hydrogens is 348 g/mol. The maximum absolute atomic E-state index is 12.1. The predicted octanol–water partition coefficient (Wildman–Crippen LogP) is 3.76. The van der Waals surface area contributed by atoms with Crippen molar-refractivity contribution in [3.63, 3.8) is 0 Å². The molecule has 0 aliphatic heterocycles. The van der Waals surface area contributed by atoms with E-state index in [0.29, 0.717) is 10.9 Å². The van der Waals surface area contributed by atoms with E-state index in [2.05, 4.69) is 40.9 Å². The molecule has 22 heavy (non-hydrogen) atoms. The third-order valence-corrected chi connectivity index (χ3v) is 3.44. The molecule has 0 amide bonds. The number of carbonyl (C=O) groups excluding carboxylic acids is 2. The van der Waals surface area contributed by atoms with Crippen LogP contribution in [0.15, 0.2) is 23.7 Å². The molecule has 122 valence electrons. The highest BCUT2D eigenvalue weighted by Crippen LogP contribution is 2.36. The van der Waals surface area contributed by atoms with E-state index in [1.807, 2.05) is 6.08 Å². The van der Waals surface area contributed by atoms with Gasteiger partial charge in [0, 0.05) is 19.3 Å². The number of rotatable bonds is 9. The third-order valence-electron chi connectivity index (χ3n) is 3.16. The number of methoxy groups -OCH3 is 2. The van der Waals surface area contributed by atoms with Gasteiger partial charge in [-0.25, -0.2) is 0 Å². The Balaban J connectivity index is 4.98. The van der Waals surface area contributed by atoms with Crippen LogP contribution in [0, 0.1) is 17.3 Å².